The SMILES string of the molecule is O=C1CCCO1.OCC(O)CO. The van der Waals surface area contributed by atoms with Gasteiger partial charge in [0.2, 0.25) is 0 Å². The van der Waals surface area contributed by atoms with Crippen LogP contribution in [0.25, 0.3) is 0 Å². The summed E-state index contributed by atoms with van der Waals surface area (Å²) in [5.41, 5.74) is 0. The fourth-order valence-electron chi connectivity index (χ4n) is 0.532. The largest absolute Gasteiger partial charge is 0.466 e. The number of esters is 1. The highest BCUT2D eigenvalue weighted by molar-refractivity contribution is 5.70. The van der Waals surface area contributed by atoms with Crippen LogP contribution in [0.15, 0.2) is 0 Å². The van der Waals surface area contributed by atoms with Crippen LogP contribution >= 0.6 is 0 Å². The fourth-order valence-corrected chi connectivity index (χ4v) is 0.532. The molecule has 0 amide bonds. The highest BCUT2D eigenvalue weighted by Gasteiger charge is 2.08. The van der Waals surface area contributed by atoms with E-state index in [0.717, 1.165) is 6.42 Å². The molecule has 1 fully saturated rings. The lowest BCUT2D eigenvalue weighted by Crippen LogP contribution is -2.15. The van der Waals surface area contributed by atoms with Gasteiger partial charge in [0.1, 0.15) is 6.10 Å². The van der Waals surface area contributed by atoms with Crippen molar-refractivity contribution in [1.29, 1.82) is 0 Å². The highest BCUT2D eigenvalue weighted by atomic mass is 16.5. The first-order valence-corrected chi connectivity index (χ1v) is 3.76. The molecule has 5 heteroatoms. The molecule has 0 bridgehead atoms. The summed E-state index contributed by atoms with van der Waals surface area (Å²) in [5, 5.41) is 24.0. The Labute approximate surface area is 70.6 Å². The molecule has 0 aliphatic carbocycles. The van der Waals surface area contributed by atoms with Gasteiger partial charge in [-0.2, -0.15) is 0 Å². The van der Waals surface area contributed by atoms with Crippen molar-refractivity contribution >= 4 is 5.97 Å². The van der Waals surface area contributed by atoms with Gasteiger partial charge in [0.15, 0.2) is 0 Å². The van der Waals surface area contributed by atoms with Crippen molar-refractivity contribution in [3.8, 4) is 0 Å². The maximum absolute atomic E-state index is 10.0. The topological polar surface area (TPSA) is 87.0 Å². The summed E-state index contributed by atoms with van der Waals surface area (Å²) < 4.78 is 4.51. The Morgan fingerprint density at radius 1 is 1.42 bits per heavy atom. The van der Waals surface area contributed by atoms with Gasteiger partial charge >= 0.3 is 5.97 Å². The standard InChI is InChI=1S/C4H6O2.C3H8O3/c5-4-2-1-3-6-4;4-1-3(6)2-5/h1-3H2;3-6H,1-2H2. The van der Waals surface area contributed by atoms with E-state index < -0.39 is 6.10 Å². The van der Waals surface area contributed by atoms with Gasteiger partial charge in [-0.25, -0.2) is 0 Å². The van der Waals surface area contributed by atoms with Gasteiger partial charge in [-0.3, -0.25) is 4.79 Å². The number of aliphatic hydroxyl groups is 3. The molecule has 0 aromatic heterocycles. The number of rotatable bonds is 2. The highest BCUT2D eigenvalue weighted by Crippen LogP contribution is 2.01. The minimum atomic E-state index is -0.954. The molecule has 1 rings (SSSR count). The van der Waals surface area contributed by atoms with Gasteiger partial charge < -0.3 is 20.1 Å². The molecular formula is C7H14O5. The third-order valence-corrected chi connectivity index (χ3v) is 1.21. The fraction of sp³-hybridized carbons (Fsp3) is 0.857. The summed E-state index contributed by atoms with van der Waals surface area (Å²) in [7, 11) is 0. The Bertz CT molecular complexity index is 113. The van der Waals surface area contributed by atoms with Crippen molar-refractivity contribution in [2.75, 3.05) is 19.8 Å². The molecular weight excluding hydrogens is 164 g/mol. The molecule has 0 saturated carbocycles. The van der Waals surface area contributed by atoms with E-state index in [1.54, 1.807) is 0 Å². The molecule has 0 unspecified atom stereocenters. The van der Waals surface area contributed by atoms with E-state index in [2.05, 4.69) is 4.74 Å². The van der Waals surface area contributed by atoms with E-state index in [1.807, 2.05) is 0 Å². The minimum absolute atomic E-state index is 0.0463. The van der Waals surface area contributed by atoms with E-state index in [9.17, 15) is 4.79 Å². The third kappa shape index (κ3) is 6.09. The predicted molar refractivity (Wildman–Crippen MR) is 40.4 cm³/mol. The summed E-state index contributed by atoms with van der Waals surface area (Å²) in [6.45, 7) is -0.0914. The molecule has 72 valence electrons. The van der Waals surface area contributed by atoms with Crippen molar-refractivity contribution in [2.24, 2.45) is 0 Å². The van der Waals surface area contributed by atoms with E-state index in [1.165, 1.54) is 0 Å². The first-order chi connectivity index (χ1) is 5.70. The van der Waals surface area contributed by atoms with Gasteiger partial charge in [0.25, 0.3) is 0 Å². The Balaban J connectivity index is 0.000000202. The number of hydrogen-bond donors (Lipinski definition) is 3. The lowest BCUT2D eigenvalue weighted by atomic mass is 10.4. The predicted octanol–water partition coefficient (Wildman–Crippen LogP) is -1.34. The molecule has 0 atom stereocenters. The average molecular weight is 178 g/mol. The zero-order valence-corrected chi connectivity index (χ0v) is 6.77. The average Bonchev–Trinajstić information content (AvgIpc) is 2.55. The summed E-state index contributed by atoms with van der Waals surface area (Å²) in [5.74, 6) is -0.0463. The van der Waals surface area contributed by atoms with Gasteiger partial charge in [-0.05, 0) is 6.42 Å². The summed E-state index contributed by atoms with van der Waals surface area (Å²) in [4.78, 5) is 10.0. The van der Waals surface area contributed by atoms with Crippen LogP contribution in [0.4, 0.5) is 0 Å². The van der Waals surface area contributed by atoms with Crippen LogP contribution < -0.4 is 0 Å². The number of carbonyl (C=O) groups excluding carboxylic acids is 1. The van der Waals surface area contributed by atoms with Gasteiger partial charge in [-0.1, -0.05) is 0 Å². The third-order valence-electron chi connectivity index (χ3n) is 1.21. The number of ether oxygens (including phenoxy) is 1. The lowest BCUT2D eigenvalue weighted by Gasteiger charge is -1.96. The van der Waals surface area contributed by atoms with Crippen LogP contribution in [0, 0.1) is 0 Å². The molecule has 1 aliphatic heterocycles. The van der Waals surface area contributed by atoms with Crippen molar-refractivity contribution in [3.63, 3.8) is 0 Å². The molecule has 1 heterocycles. The molecule has 3 N–H and O–H groups in total. The summed E-state index contributed by atoms with van der Waals surface area (Å²) >= 11 is 0. The molecule has 0 aromatic carbocycles. The second-order valence-electron chi connectivity index (χ2n) is 2.34. The van der Waals surface area contributed by atoms with Crippen LogP contribution in [0.1, 0.15) is 12.8 Å². The smallest absolute Gasteiger partial charge is 0.305 e. The zero-order valence-electron chi connectivity index (χ0n) is 6.77. The van der Waals surface area contributed by atoms with Crippen LogP contribution in [0.5, 0.6) is 0 Å². The summed E-state index contributed by atoms with van der Waals surface area (Å²) in [6.07, 6.45) is 0.587. The molecule has 0 radical (unpaired) electrons. The van der Waals surface area contributed by atoms with Crippen LogP contribution in [0.3, 0.4) is 0 Å². The van der Waals surface area contributed by atoms with E-state index in [-0.39, 0.29) is 19.2 Å². The maximum Gasteiger partial charge on any atom is 0.305 e. The molecule has 1 saturated heterocycles. The van der Waals surface area contributed by atoms with Crippen molar-refractivity contribution < 1.29 is 24.9 Å². The molecule has 5 nitrogen and oxygen atoms in total. The molecule has 0 aromatic rings. The lowest BCUT2D eigenvalue weighted by molar-refractivity contribution is -0.137. The van der Waals surface area contributed by atoms with Crippen molar-refractivity contribution in [3.05, 3.63) is 0 Å². The Hall–Kier alpha value is -0.650. The number of carbonyl (C=O) groups is 1. The first-order valence-electron chi connectivity index (χ1n) is 3.76. The Morgan fingerprint density at radius 3 is 2.08 bits per heavy atom. The van der Waals surface area contributed by atoms with E-state index in [4.69, 9.17) is 15.3 Å². The van der Waals surface area contributed by atoms with Crippen LogP contribution in [0.2, 0.25) is 0 Å². The second kappa shape index (κ2) is 7.02. The number of hydrogen-bond acceptors (Lipinski definition) is 5. The minimum Gasteiger partial charge on any atom is -0.466 e. The first kappa shape index (κ1) is 11.4. The van der Waals surface area contributed by atoms with E-state index >= 15 is 0 Å². The van der Waals surface area contributed by atoms with E-state index in [0.29, 0.717) is 13.0 Å². The van der Waals surface area contributed by atoms with Crippen molar-refractivity contribution in [1.82, 2.24) is 0 Å². The monoisotopic (exact) mass is 178 g/mol. The quantitative estimate of drug-likeness (QED) is 0.455. The molecule has 1 aliphatic rings. The maximum atomic E-state index is 10.0. The van der Waals surface area contributed by atoms with Gasteiger partial charge in [-0.15, -0.1) is 0 Å². The van der Waals surface area contributed by atoms with Gasteiger partial charge in [0, 0.05) is 6.42 Å². The normalized spacial score (nSPS) is 15.5. The molecule has 12 heavy (non-hydrogen) atoms. The molecule has 0 spiro atoms. The number of aliphatic hydroxyl groups excluding tert-OH is 3. The Morgan fingerprint density at radius 2 is 2.00 bits per heavy atom. The second-order valence-corrected chi connectivity index (χ2v) is 2.34. The van der Waals surface area contributed by atoms with Crippen LogP contribution in [-0.2, 0) is 9.53 Å². The Kier molecular flexibility index (Phi) is 6.64. The van der Waals surface area contributed by atoms with Crippen LogP contribution in [-0.4, -0.2) is 47.2 Å². The summed E-state index contributed by atoms with van der Waals surface area (Å²) in [6, 6.07) is 0. The van der Waals surface area contributed by atoms with Gasteiger partial charge in [0.05, 0.1) is 19.8 Å². The zero-order chi connectivity index (χ0) is 9.40. The number of cyclic esters (lactones) is 1. The van der Waals surface area contributed by atoms with Crippen molar-refractivity contribution in [2.45, 2.75) is 18.9 Å².